The third-order valence-electron chi connectivity index (χ3n) is 2.61. The van der Waals surface area contributed by atoms with Gasteiger partial charge in [0.1, 0.15) is 12.1 Å². The fraction of sp³-hybridized carbons (Fsp3) is 0.385. The van der Waals surface area contributed by atoms with Gasteiger partial charge in [0.2, 0.25) is 0 Å². The van der Waals surface area contributed by atoms with Crippen LogP contribution in [0.1, 0.15) is 43.3 Å². The van der Waals surface area contributed by atoms with E-state index in [2.05, 4.69) is 53.6 Å². The molecule has 0 aliphatic rings. The lowest BCUT2D eigenvalue weighted by Gasteiger charge is -2.13. The van der Waals surface area contributed by atoms with Crippen molar-refractivity contribution in [3.8, 4) is 0 Å². The number of anilines is 1. The summed E-state index contributed by atoms with van der Waals surface area (Å²) < 4.78 is 0. The second kappa shape index (κ2) is 5.27. The highest BCUT2D eigenvalue weighted by Gasteiger charge is 2.08. The zero-order valence-corrected chi connectivity index (χ0v) is 11.2. The molecular formula is C13H17N3S. The summed E-state index contributed by atoms with van der Waals surface area (Å²) in [6.45, 7) is 6.41. The largest absolute Gasteiger partial charge is 0.363 e. The highest BCUT2D eigenvalue weighted by Crippen LogP contribution is 2.23. The van der Waals surface area contributed by atoms with Crippen molar-refractivity contribution in [2.45, 2.75) is 32.7 Å². The van der Waals surface area contributed by atoms with Crippen LogP contribution in [0.4, 0.5) is 5.82 Å². The van der Waals surface area contributed by atoms with Crippen LogP contribution < -0.4 is 5.32 Å². The van der Waals surface area contributed by atoms with Gasteiger partial charge in [-0.3, -0.25) is 0 Å². The minimum absolute atomic E-state index is 0.282. The van der Waals surface area contributed by atoms with Crippen molar-refractivity contribution >= 4 is 17.2 Å². The number of rotatable bonds is 4. The Labute approximate surface area is 106 Å². The van der Waals surface area contributed by atoms with Gasteiger partial charge in [0.05, 0.1) is 6.04 Å². The molecule has 0 aliphatic heterocycles. The SMILES string of the molecule is CC(C)c1cc(NC(C)c2cccs2)ncn1. The number of aromatic nitrogens is 2. The minimum atomic E-state index is 0.282. The first-order valence-electron chi connectivity index (χ1n) is 5.78. The molecule has 2 aromatic rings. The van der Waals surface area contributed by atoms with Crippen LogP contribution in [0.25, 0.3) is 0 Å². The molecule has 0 spiro atoms. The maximum Gasteiger partial charge on any atom is 0.130 e. The van der Waals surface area contributed by atoms with Crippen molar-refractivity contribution in [1.29, 1.82) is 0 Å². The van der Waals surface area contributed by atoms with Gasteiger partial charge in [0, 0.05) is 16.6 Å². The van der Waals surface area contributed by atoms with Crippen LogP contribution >= 0.6 is 11.3 Å². The molecule has 1 atom stereocenters. The summed E-state index contributed by atoms with van der Waals surface area (Å²) in [6.07, 6.45) is 1.62. The molecule has 2 heterocycles. The summed E-state index contributed by atoms with van der Waals surface area (Å²) in [5, 5.41) is 5.49. The van der Waals surface area contributed by atoms with E-state index in [1.54, 1.807) is 17.7 Å². The molecule has 0 saturated carbocycles. The fourth-order valence-corrected chi connectivity index (χ4v) is 2.33. The maximum atomic E-state index is 4.26. The Balaban J connectivity index is 2.11. The minimum Gasteiger partial charge on any atom is -0.363 e. The third kappa shape index (κ3) is 3.03. The molecule has 3 nitrogen and oxygen atoms in total. The number of nitrogens with one attached hydrogen (secondary N) is 1. The van der Waals surface area contributed by atoms with Gasteiger partial charge in [-0.15, -0.1) is 11.3 Å². The second-order valence-electron chi connectivity index (χ2n) is 4.36. The van der Waals surface area contributed by atoms with Gasteiger partial charge >= 0.3 is 0 Å². The Kier molecular flexibility index (Phi) is 3.74. The van der Waals surface area contributed by atoms with Gasteiger partial charge in [0.25, 0.3) is 0 Å². The Hall–Kier alpha value is -1.42. The van der Waals surface area contributed by atoms with Crippen LogP contribution in [0.15, 0.2) is 29.9 Å². The molecule has 0 aliphatic carbocycles. The lowest BCUT2D eigenvalue weighted by Crippen LogP contribution is -2.07. The zero-order valence-electron chi connectivity index (χ0n) is 10.3. The van der Waals surface area contributed by atoms with Crippen molar-refractivity contribution in [1.82, 2.24) is 9.97 Å². The molecule has 0 aromatic carbocycles. The number of hydrogen-bond acceptors (Lipinski definition) is 4. The highest BCUT2D eigenvalue weighted by molar-refractivity contribution is 7.10. The Morgan fingerprint density at radius 1 is 1.24 bits per heavy atom. The van der Waals surface area contributed by atoms with Gasteiger partial charge in [-0.1, -0.05) is 19.9 Å². The third-order valence-corrected chi connectivity index (χ3v) is 3.67. The molecular weight excluding hydrogens is 230 g/mol. The number of nitrogens with zero attached hydrogens (tertiary/aromatic N) is 2. The van der Waals surface area contributed by atoms with Gasteiger partial charge in [-0.25, -0.2) is 9.97 Å². The van der Waals surface area contributed by atoms with E-state index in [0.717, 1.165) is 11.5 Å². The zero-order chi connectivity index (χ0) is 12.3. The Morgan fingerprint density at radius 2 is 2.06 bits per heavy atom. The molecule has 0 radical (unpaired) electrons. The van der Waals surface area contributed by atoms with Crippen LogP contribution in [0, 0.1) is 0 Å². The predicted octanol–water partition coefficient (Wildman–Crippen LogP) is 3.83. The second-order valence-corrected chi connectivity index (χ2v) is 5.34. The average Bonchev–Trinajstić information content (AvgIpc) is 2.82. The van der Waals surface area contributed by atoms with E-state index in [1.165, 1.54) is 4.88 Å². The molecule has 4 heteroatoms. The summed E-state index contributed by atoms with van der Waals surface area (Å²) in [5.41, 5.74) is 1.07. The molecule has 0 saturated heterocycles. The lowest BCUT2D eigenvalue weighted by molar-refractivity contribution is 0.808. The van der Waals surface area contributed by atoms with E-state index in [4.69, 9.17) is 0 Å². The van der Waals surface area contributed by atoms with Crippen molar-refractivity contribution < 1.29 is 0 Å². The molecule has 0 fully saturated rings. The molecule has 0 bridgehead atoms. The summed E-state index contributed by atoms with van der Waals surface area (Å²) >= 11 is 1.75. The predicted molar refractivity (Wildman–Crippen MR) is 72.5 cm³/mol. The van der Waals surface area contributed by atoms with Crippen LogP contribution in [-0.2, 0) is 0 Å². The van der Waals surface area contributed by atoms with Crippen LogP contribution in [0.3, 0.4) is 0 Å². The van der Waals surface area contributed by atoms with Gasteiger partial charge < -0.3 is 5.32 Å². The van der Waals surface area contributed by atoms with Gasteiger partial charge in [-0.05, 0) is 24.3 Å². The normalized spacial score (nSPS) is 12.7. The van der Waals surface area contributed by atoms with Gasteiger partial charge in [-0.2, -0.15) is 0 Å². The molecule has 2 rings (SSSR count). The first kappa shape index (κ1) is 12.0. The van der Waals surface area contributed by atoms with E-state index in [9.17, 15) is 0 Å². The van der Waals surface area contributed by atoms with E-state index in [-0.39, 0.29) is 6.04 Å². The smallest absolute Gasteiger partial charge is 0.130 e. The topological polar surface area (TPSA) is 37.8 Å². The average molecular weight is 247 g/mol. The van der Waals surface area contributed by atoms with E-state index >= 15 is 0 Å². The summed E-state index contributed by atoms with van der Waals surface area (Å²) in [4.78, 5) is 9.83. The van der Waals surface area contributed by atoms with E-state index in [1.807, 2.05) is 6.07 Å². The van der Waals surface area contributed by atoms with Gasteiger partial charge in [0.15, 0.2) is 0 Å². The van der Waals surface area contributed by atoms with Crippen molar-refractivity contribution in [2.24, 2.45) is 0 Å². The lowest BCUT2D eigenvalue weighted by atomic mass is 10.1. The van der Waals surface area contributed by atoms with Crippen LogP contribution in [0.2, 0.25) is 0 Å². The summed E-state index contributed by atoms with van der Waals surface area (Å²) in [5.74, 6) is 1.32. The summed E-state index contributed by atoms with van der Waals surface area (Å²) in [7, 11) is 0. The quantitative estimate of drug-likeness (QED) is 0.892. The maximum absolute atomic E-state index is 4.26. The van der Waals surface area contributed by atoms with Crippen LogP contribution in [0.5, 0.6) is 0 Å². The number of hydrogen-bond donors (Lipinski definition) is 1. The van der Waals surface area contributed by atoms with Crippen molar-refractivity contribution in [3.05, 3.63) is 40.5 Å². The molecule has 0 amide bonds. The summed E-state index contributed by atoms with van der Waals surface area (Å²) in [6, 6.07) is 6.50. The monoisotopic (exact) mass is 247 g/mol. The Bertz CT molecular complexity index is 465. The molecule has 2 aromatic heterocycles. The molecule has 90 valence electrons. The number of thiophene rings is 1. The standard InChI is InChI=1S/C13H17N3S/c1-9(2)11-7-13(15-8-14-11)16-10(3)12-5-4-6-17-12/h4-10H,1-3H3,(H,14,15,16). The first-order chi connectivity index (χ1) is 8.16. The highest BCUT2D eigenvalue weighted by atomic mass is 32.1. The Morgan fingerprint density at radius 3 is 2.71 bits per heavy atom. The molecule has 1 N–H and O–H groups in total. The van der Waals surface area contributed by atoms with Crippen LogP contribution in [-0.4, -0.2) is 9.97 Å². The van der Waals surface area contributed by atoms with E-state index in [0.29, 0.717) is 5.92 Å². The van der Waals surface area contributed by atoms with Crippen molar-refractivity contribution in [2.75, 3.05) is 5.32 Å². The first-order valence-corrected chi connectivity index (χ1v) is 6.66. The fourth-order valence-electron chi connectivity index (χ4n) is 1.60. The van der Waals surface area contributed by atoms with E-state index < -0.39 is 0 Å². The molecule has 17 heavy (non-hydrogen) atoms. The molecule has 1 unspecified atom stereocenters. The van der Waals surface area contributed by atoms with Crippen molar-refractivity contribution in [3.63, 3.8) is 0 Å².